The summed E-state index contributed by atoms with van der Waals surface area (Å²) >= 11 is 1.29. The Labute approximate surface area is 120 Å². The lowest BCUT2D eigenvalue weighted by molar-refractivity contribution is -0.123. The summed E-state index contributed by atoms with van der Waals surface area (Å²) in [5, 5.41) is 5.61. The molecule has 0 radical (unpaired) electrons. The standard InChI is InChI=1S/C11H19N5O3S/c1-6(5-11(2,13-3)9(12)19)20-10-14-7(17)8(18)15-16(10)4/h6,13H,5H2,1-4H3,(H2,12,19)(H,15,18). The van der Waals surface area contributed by atoms with Gasteiger partial charge in [0.05, 0.1) is 5.54 Å². The fourth-order valence-corrected chi connectivity index (χ4v) is 2.80. The molecule has 0 bridgehead atoms. The average Bonchev–Trinajstić information content (AvgIpc) is 2.35. The highest BCUT2D eigenvalue weighted by molar-refractivity contribution is 7.99. The zero-order chi connectivity index (χ0) is 15.5. The van der Waals surface area contributed by atoms with Crippen LogP contribution in [0.1, 0.15) is 20.3 Å². The number of thioether (sulfide) groups is 1. The molecule has 0 aliphatic carbocycles. The van der Waals surface area contributed by atoms with Gasteiger partial charge in [-0.2, -0.15) is 4.98 Å². The highest BCUT2D eigenvalue weighted by atomic mass is 32.2. The molecular weight excluding hydrogens is 282 g/mol. The Bertz CT molecular complexity index is 611. The van der Waals surface area contributed by atoms with Gasteiger partial charge in [-0.15, -0.1) is 0 Å². The second-order valence-corrected chi connectivity index (χ2v) is 6.18. The van der Waals surface area contributed by atoms with Crippen molar-refractivity contribution in [2.45, 2.75) is 36.2 Å². The molecule has 0 saturated heterocycles. The minimum absolute atomic E-state index is 0.0380. The lowest BCUT2D eigenvalue weighted by atomic mass is 9.95. The van der Waals surface area contributed by atoms with Crippen LogP contribution in [0.2, 0.25) is 0 Å². The van der Waals surface area contributed by atoms with Crippen molar-refractivity contribution in [3.8, 4) is 0 Å². The van der Waals surface area contributed by atoms with Crippen molar-refractivity contribution < 1.29 is 4.79 Å². The van der Waals surface area contributed by atoms with E-state index in [1.165, 1.54) is 16.4 Å². The molecule has 0 spiro atoms. The van der Waals surface area contributed by atoms with Crippen LogP contribution >= 0.6 is 11.8 Å². The third kappa shape index (κ3) is 3.70. The van der Waals surface area contributed by atoms with Crippen LogP contribution in [0.4, 0.5) is 0 Å². The molecule has 1 aromatic rings. The predicted octanol–water partition coefficient (Wildman–Crippen LogP) is -1.20. The van der Waals surface area contributed by atoms with E-state index in [-0.39, 0.29) is 5.25 Å². The van der Waals surface area contributed by atoms with Crippen LogP contribution in [0.3, 0.4) is 0 Å². The minimum Gasteiger partial charge on any atom is -0.368 e. The first-order chi connectivity index (χ1) is 9.19. The van der Waals surface area contributed by atoms with Crippen molar-refractivity contribution in [3.05, 3.63) is 20.7 Å². The number of carbonyl (C=O) groups is 1. The monoisotopic (exact) mass is 301 g/mol. The van der Waals surface area contributed by atoms with Gasteiger partial charge in [0.15, 0.2) is 5.16 Å². The Hall–Kier alpha value is -1.61. The van der Waals surface area contributed by atoms with Crippen LogP contribution in [0.15, 0.2) is 14.7 Å². The fourth-order valence-electron chi connectivity index (χ4n) is 1.69. The Kier molecular flexibility index (Phi) is 5.12. The minimum atomic E-state index is -0.840. The molecule has 0 aliphatic rings. The maximum atomic E-state index is 11.4. The molecule has 1 aromatic heterocycles. The first-order valence-corrected chi connectivity index (χ1v) is 6.90. The summed E-state index contributed by atoms with van der Waals surface area (Å²) in [6.45, 7) is 3.60. The van der Waals surface area contributed by atoms with Gasteiger partial charge in [0.1, 0.15) is 0 Å². The SMILES string of the molecule is CNC(C)(CC(C)Sc1nc(=O)c(=O)[nH]n1C)C(N)=O. The number of aromatic amines is 1. The number of carbonyl (C=O) groups excluding carboxylic acids is 1. The Balaban J connectivity index is 2.89. The van der Waals surface area contributed by atoms with Gasteiger partial charge in [-0.05, 0) is 20.4 Å². The van der Waals surface area contributed by atoms with E-state index in [2.05, 4.69) is 15.4 Å². The number of amides is 1. The van der Waals surface area contributed by atoms with Crippen LogP contribution in [-0.4, -0.2) is 38.5 Å². The van der Waals surface area contributed by atoms with Crippen molar-refractivity contribution in [1.29, 1.82) is 0 Å². The summed E-state index contributed by atoms with van der Waals surface area (Å²) in [4.78, 5) is 37.5. The molecule has 0 fully saturated rings. The van der Waals surface area contributed by atoms with E-state index in [1.807, 2.05) is 6.92 Å². The molecule has 112 valence electrons. The molecule has 2 atom stereocenters. The van der Waals surface area contributed by atoms with Gasteiger partial charge in [-0.3, -0.25) is 24.2 Å². The molecule has 20 heavy (non-hydrogen) atoms. The van der Waals surface area contributed by atoms with Crippen LogP contribution in [0, 0.1) is 0 Å². The van der Waals surface area contributed by atoms with Gasteiger partial charge in [-0.1, -0.05) is 18.7 Å². The van der Waals surface area contributed by atoms with Crippen molar-refractivity contribution in [2.24, 2.45) is 12.8 Å². The largest absolute Gasteiger partial charge is 0.368 e. The summed E-state index contributed by atoms with van der Waals surface area (Å²) in [5.41, 5.74) is 2.94. The van der Waals surface area contributed by atoms with Crippen LogP contribution in [-0.2, 0) is 11.8 Å². The van der Waals surface area contributed by atoms with E-state index in [1.54, 1.807) is 21.0 Å². The molecule has 0 aliphatic heterocycles. The normalized spacial score (nSPS) is 15.6. The lowest BCUT2D eigenvalue weighted by Gasteiger charge is -2.28. The number of nitrogens with zero attached hydrogens (tertiary/aromatic N) is 2. The van der Waals surface area contributed by atoms with E-state index in [9.17, 15) is 14.4 Å². The number of aromatic nitrogens is 3. The molecular formula is C11H19N5O3S. The molecule has 4 N–H and O–H groups in total. The van der Waals surface area contributed by atoms with Gasteiger partial charge in [0.2, 0.25) is 5.91 Å². The molecule has 0 saturated carbocycles. The summed E-state index contributed by atoms with van der Waals surface area (Å²) < 4.78 is 1.38. The molecule has 0 aromatic carbocycles. The molecule has 1 rings (SSSR count). The first kappa shape index (κ1) is 16.4. The van der Waals surface area contributed by atoms with E-state index in [4.69, 9.17) is 5.73 Å². The number of hydrogen-bond acceptors (Lipinski definition) is 6. The maximum Gasteiger partial charge on any atom is 0.339 e. The van der Waals surface area contributed by atoms with Crippen molar-refractivity contribution in [2.75, 3.05) is 7.05 Å². The number of likely N-dealkylation sites (N-methyl/N-ethyl adjacent to an activating group) is 1. The Morgan fingerprint density at radius 1 is 1.60 bits per heavy atom. The smallest absolute Gasteiger partial charge is 0.339 e. The van der Waals surface area contributed by atoms with Gasteiger partial charge >= 0.3 is 11.1 Å². The molecule has 1 amide bonds. The summed E-state index contributed by atoms with van der Waals surface area (Å²) in [6, 6.07) is 0. The van der Waals surface area contributed by atoms with E-state index in [0.29, 0.717) is 11.6 Å². The van der Waals surface area contributed by atoms with Gasteiger partial charge in [-0.25, -0.2) is 0 Å². The zero-order valence-electron chi connectivity index (χ0n) is 11.9. The lowest BCUT2D eigenvalue weighted by Crippen LogP contribution is -2.52. The van der Waals surface area contributed by atoms with Crippen LogP contribution < -0.4 is 22.2 Å². The maximum absolute atomic E-state index is 11.4. The van der Waals surface area contributed by atoms with Gasteiger partial charge in [0.25, 0.3) is 0 Å². The Morgan fingerprint density at radius 3 is 2.70 bits per heavy atom. The number of nitrogens with two attached hydrogens (primary N) is 1. The summed E-state index contributed by atoms with van der Waals surface area (Å²) in [7, 11) is 3.25. The zero-order valence-corrected chi connectivity index (χ0v) is 12.7. The Morgan fingerprint density at radius 2 is 2.20 bits per heavy atom. The molecule has 1 heterocycles. The second kappa shape index (κ2) is 6.23. The summed E-state index contributed by atoms with van der Waals surface area (Å²) in [5.74, 6) is -0.448. The van der Waals surface area contributed by atoms with E-state index >= 15 is 0 Å². The van der Waals surface area contributed by atoms with Crippen molar-refractivity contribution in [1.82, 2.24) is 20.1 Å². The first-order valence-electron chi connectivity index (χ1n) is 6.02. The third-order valence-electron chi connectivity index (χ3n) is 3.05. The molecule has 2 unspecified atom stereocenters. The fraction of sp³-hybridized carbons (Fsp3) is 0.636. The molecule has 8 nitrogen and oxygen atoms in total. The number of nitrogens with one attached hydrogen (secondary N) is 2. The van der Waals surface area contributed by atoms with Gasteiger partial charge in [0, 0.05) is 12.3 Å². The number of aryl methyl sites for hydroxylation is 1. The number of primary amides is 1. The highest BCUT2D eigenvalue weighted by Crippen LogP contribution is 2.25. The van der Waals surface area contributed by atoms with E-state index in [0.717, 1.165) is 0 Å². The summed E-state index contributed by atoms with van der Waals surface area (Å²) in [6.07, 6.45) is 0.457. The highest BCUT2D eigenvalue weighted by Gasteiger charge is 2.31. The van der Waals surface area contributed by atoms with Crippen molar-refractivity contribution in [3.63, 3.8) is 0 Å². The average molecular weight is 301 g/mol. The predicted molar refractivity (Wildman–Crippen MR) is 76.7 cm³/mol. The topological polar surface area (TPSA) is 123 Å². The van der Waals surface area contributed by atoms with E-state index < -0.39 is 22.6 Å². The van der Waals surface area contributed by atoms with Crippen LogP contribution in [0.5, 0.6) is 0 Å². The number of rotatable bonds is 6. The van der Waals surface area contributed by atoms with Gasteiger partial charge < -0.3 is 11.1 Å². The van der Waals surface area contributed by atoms with Crippen LogP contribution in [0.25, 0.3) is 0 Å². The van der Waals surface area contributed by atoms with Crippen molar-refractivity contribution >= 4 is 17.7 Å². The number of H-pyrrole nitrogens is 1. The molecule has 9 heteroatoms. The third-order valence-corrected chi connectivity index (χ3v) is 4.19. The second-order valence-electron chi connectivity index (χ2n) is 4.78. The number of hydrogen-bond donors (Lipinski definition) is 3. The quantitative estimate of drug-likeness (QED) is 0.448.